The first-order valence-electron chi connectivity index (χ1n) is 6.72. The van der Waals surface area contributed by atoms with Gasteiger partial charge in [0.25, 0.3) is 0 Å². The average Bonchev–Trinajstić information content (AvgIpc) is 2.42. The molecule has 0 saturated carbocycles. The van der Waals surface area contributed by atoms with E-state index in [0.29, 0.717) is 5.56 Å². The van der Waals surface area contributed by atoms with Crippen molar-refractivity contribution in [2.24, 2.45) is 0 Å². The van der Waals surface area contributed by atoms with Gasteiger partial charge in [0.2, 0.25) is 0 Å². The van der Waals surface area contributed by atoms with Crippen LogP contribution in [0.5, 0.6) is 0 Å². The van der Waals surface area contributed by atoms with Crippen LogP contribution in [-0.2, 0) is 0 Å². The quantitative estimate of drug-likeness (QED) is 0.899. The van der Waals surface area contributed by atoms with Crippen molar-refractivity contribution in [3.8, 4) is 0 Å². The van der Waals surface area contributed by atoms with Crippen molar-refractivity contribution in [2.45, 2.75) is 26.3 Å². The molecule has 0 aliphatic rings. The lowest BCUT2D eigenvalue weighted by molar-refractivity contribution is 0.532. The van der Waals surface area contributed by atoms with E-state index >= 15 is 0 Å². The Kier molecular flexibility index (Phi) is 4.79. The second-order valence-corrected chi connectivity index (χ2v) is 4.79. The summed E-state index contributed by atoms with van der Waals surface area (Å²) in [5.74, 6) is -1.11. The molecule has 0 fully saturated rings. The molecule has 4 heteroatoms. The van der Waals surface area contributed by atoms with E-state index in [1.54, 1.807) is 6.20 Å². The van der Waals surface area contributed by atoms with Gasteiger partial charge in [0.15, 0.2) is 0 Å². The van der Waals surface area contributed by atoms with E-state index in [-0.39, 0.29) is 6.04 Å². The summed E-state index contributed by atoms with van der Waals surface area (Å²) in [5, 5.41) is 3.28. The molecular formula is C16H18F2N2. The smallest absolute Gasteiger partial charge is 0.131 e. The van der Waals surface area contributed by atoms with Gasteiger partial charge in [-0.2, -0.15) is 0 Å². The van der Waals surface area contributed by atoms with Gasteiger partial charge in [-0.05, 0) is 37.6 Å². The predicted octanol–water partition coefficient (Wildman–Crippen LogP) is 3.76. The lowest BCUT2D eigenvalue weighted by Gasteiger charge is -2.20. The number of pyridine rings is 1. The SMILES string of the molecule is CCCNC(c1ccc(C)nc1)c1ccc(F)cc1F. The zero-order valence-corrected chi connectivity index (χ0v) is 11.7. The molecule has 0 saturated heterocycles. The van der Waals surface area contributed by atoms with Gasteiger partial charge in [0.05, 0.1) is 6.04 Å². The molecule has 0 aliphatic carbocycles. The maximum Gasteiger partial charge on any atom is 0.131 e. The molecule has 0 spiro atoms. The van der Waals surface area contributed by atoms with Crippen LogP contribution in [0.1, 0.15) is 36.2 Å². The molecule has 0 radical (unpaired) electrons. The molecule has 0 aliphatic heterocycles. The summed E-state index contributed by atoms with van der Waals surface area (Å²) >= 11 is 0. The largest absolute Gasteiger partial charge is 0.306 e. The van der Waals surface area contributed by atoms with Crippen molar-refractivity contribution in [1.29, 1.82) is 0 Å². The lowest BCUT2D eigenvalue weighted by Crippen LogP contribution is -2.24. The molecule has 106 valence electrons. The Morgan fingerprint density at radius 3 is 2.60 bits per heavy atom. The monoisotopic (exact) mass is 276 g/mol. The Morgan fingerprint density at radius 2 is 2.00 bits per heavy atom. The van der Waals surface area contributed by atoms with Crippen LogP contribution < -0.4 is 5.32 Å². The zero-order valence-electron chi connectivity index (χ0n) is 11.7. The van der Waals surface area contributed by atoms with Gasteiger partial charge < -0.3 is 5.32 Å². The van der Waals surface area contributed by atoms with Crippen LogP contribution in [0.2, 0.25) is 0 Å². The van der Waals surface area contributed by atoms with Crippen LogP contribution in [0.3, 0.4) is 0 Å². The van der Waals surface area contributed by atoms with Gasteiger partial charge in [-0.25, -0.2) is 8.78 Å². The maximum atomic E-state index is 14.0. The first-order chi connectivity index (χ1) is 9.61. The van der Waals surface area contributed by atoms with Crippen molar-refractivity contribution in [3.63, 3.8) is 0 Å². The highest BCUT2D eigenvalue weighted by atomic mass is 19.1. The standard InChI is InChI=1S/C16H18F2N2/c1-3-8-19-16(12-5-4-11(2)20-10-12)14-7-6-13(17)9-15(14)18/h4-7,9-10,16,19H,3,8H2,1-2H3. The molecule has 0 amide bonds. The van der Waals surface area contributed by atoms with Crippen molar-refractivity contribution >= 4 is 0 Å². The van der Waals surface area contributed by atoms with Crippen LogP contribution in [-0.4, -0.2) is 11.5 Å². The summed E-state index contributed by atoms with van der Waals surface area (Å²) in [4.78, 5) is 4.24. The Balaban J connectivity index is 2.38. The third-order valence-electron chi connectivity index (χ3n) is 3.14. The number of hydrogen-bond donors (Lipinski definition) is 1. The lowest BCUT2D eigenvalue weighted by atomic mass is 9.99. The number of nitrogens with one attached hydrogen (secondary N) is 1. The van der Waals surface area contributed by atoms with Crippen LogP contribution in [0, 0.1) is 18.6 Å². The highest BCUT2D eigenvalue weighted by Gasteiger charge is 2.18. The topological polar surface area (TPSA) is 24.9 Å². The maximum absolute atomic E-state index is 14.0. The molecule has 2 aromatic rings. The van der Waals surface area contributed by atoms with Crippen molar-refractivity contribution < 1.29 is 8.78 Å². The fourth-order valence-corrected chi connectivity index (χ4v) is 2.08. The number of benzene rings is 1. The van der Waals surface area contributed by atoms with Crippen molar-refractivity contribution in [3.05, 3.63) is 65.0 Å². The van der Waals surface area contributed by atoms with Gasteiger partial charge in [-0.1, -0.05) is 19.1 Å². The van der Waals surface area contributed by atoms with E-state index in [0.717, 1.165) is 30.3 Å². The predicted molar refractivity (Wildman–Crippen MR) is 75.5 cm³/mol. The Hall–Kier alpha value is -1.81. The van der Waals surface area contributed by atoms with Gasteiger partial charge in [-0.3, -0.25) is 4.98 Å². The number of rotatable bonds is 5. The summed E-state index contributed by atoms with van der Waals surface area (Å²) in [7, 11) is 0. The number of aryl methyl sites for hydroxylation is 1. The minimum absolute atomic E-state index is 0.316. The highest BCUT2D eigenvalue weighted by molar-refractivity contribution is 5.32. The Labute approximate surface area is 117 Å². The summed E-state index contributed by atoms with van der Waals surface area (Å²) in [6.07, 6.45) is 2.66. The summed E-state index contributed by atoms with van der Waals surface area (Å²) in [5.41, 5.74) is 2.21. The van der Waals surface area contributed by atoms with E-state index in [2.05, 4.69) is 10.3 Å². The van der Waals surface area contributed by atoms with Gasteiger partial charge >= 0.3 is 0 Å². The summed E-state index contributed by atoms with van der Waals surface area (Å²) in [6, 6.07) is 7.16. The zero-order chi connectivity index (χ0) is 14.5. The summed E-state index contributed by atoms with van der Waals surface area (Å²) in [6.45, 7) is 4.69. The van der Waals surface area contributed by atoms with E-state index < -0.39 is 11.6 Å². The van der Waals surface area contributed by atoms with Crippen LogP contribution in [0.25, 0.3) is 0 Å². The fourth-order valence-electron chi connectivity index (χ4n) is 2.08. The molecule has 1 heterocycles. The third-order valence-corrected chi connectivity index (χ3v) is 3.14. The number of aromatic nitrogens is 1. The van der Waals surface area contributed by atoms with E-state index in [1.807, 2.05) is 26.0 Å². The molecule has 20 heavy (non-hydrogen) atoms. The third kappa shape index (κ3) is 3.39. The van der Waals surface area contributed by atoms with Crippen LogP contribution in [0.4, 0.5) is 8.78 Å². The first kappa shape index (κ1) is 14.6. The Bertz CT molecular complexity index is 567. The minimum atomic E-state index is -0.567. The second-order valence-electron chi connectivity index (χ2n) is 4.79. The Morgan fingerprint density at radius 1 is 1.20 bits per heavy atom. The molecule has 1 N–H and O–H groups in total. The van der Waals surface area contributed by atoms with Gasteiger partial charge in [0.1, 0.15) is 11.6 Å². The van der Waals surface area contributed by atoms with Crippen molar-refractivity contribution in [1.82, 2.24) is 10.3 Å². The summed E-state index contributed by atoms with van der Waals surface area (Å²) < 4.78 is 27.0. The van der Waals surface area contributed by atoms with Crippen LogP contribution >= 0.6 is 0 Å². The fraction of sp³-hybridized carbons (Fsp3) is 0.312. The molecule has 2 rings (SSSR count). The minimum Gasteiger partial charge on any atom is -0.306 e. The highest BCUT2D eigenvalue weighted by Crippen LogP contribution is 2.24. The first-order valence-corrected chi connectivity index (χ1v) is 6.72. The normalized spacial score (nSPS) is 12.4. The molecule has 1 aromatic carbocycles. The molecule has 1 aromatic heterocycles. The van der Waals surface area contributed by atoms with E-state index in [1.165, 1.54) is 12.1 Å². The van der Waals surface area contributed by atoms with Crippen LogP contribution in [0.15, 0.2) is 36.5 Å². The van der Waals surface area contributed by atoms with Gasteiger partial charge in [0, 0.05) is 23.5 Å². The van der Waals surface area contributed by atoms with Crippen molar-refractivity contribution in [2.75, 3.05) is 6.54 Å². The van der Waals surface area contributed by atoms with E-state index in [9.17, 15) is 8.78 Å². The van der Waals surface area contributed by atoms with E-state index in [4.69, 9.17) is 0 Å². The average molecular weight is 276 g/mol. The van der Waals surface area contributed by atoms with Gasteiger partial charge in [-0.15, -0.1) is 0 Å². The molecular weight excluding hydrogens is 258 g/mol. The molecule has 0 bridgehead atoms. The molecule has 2 nitrogen and oxygen atoms in total. The second kappa shape index (κ2) is 6.57. The number of halogens is 2. The molecule has 1 unspecified atom stereocenters. The number of nitrogens with zero attached hydrogens (tertiary/aromatic N) is 1. The number of hydrogen-bond acceptors (Lipinski definition) is 2. The molecule has 1 atom stereocenters.